The number of aryl methyl sites for hydroxylation is 1. The Morgan fingerprint density at radius 1 is 1.27 bits per heavy atom. The molecule has 0 bridgehead atoms. The number of rotatable bonds is 5. The van der Waals surface area contributed by atoms with E-state index in [1.54, 1.807) is 0 Å². The molecule has 0 unspecified atom stereocenters. The predicted octanol–water partition coefficient (Wildman–Crippen LogP) is 1.08. The lowest BCUT2D eigenvalue weighted by Gasteiger charge is -2.33. The third-order valence-electron chi connectivity index (χ3n) is 2.80. The van der Waals surface area contributed by atoms with Gasteiger partial charge in [-0.2, -0.15) is 4.68 Å². The van der Waals surface area contributed by atoms with E-state index in [4.69, 9.17) is 5.84 Å². The monoisotopic (exact) mass is 327 g/mol. The van der Waals surface area contributed by atoms with E-state index in [-0.39, 0.29) is 33.5 Å². The van der Waals surface area contributed by atoms with Gasteiger partial charge in [-0.1, -0.05) is 32.5 Å². The third-order valence-corrected chi connectivity index (χ3v) is 3.75. The second-order valence-corrected chi connectivity index (χ2v) is 8.14. The van der Waals surface area contributed by atoms with Gasteiger partial charge in [-0.25, -0.2) is 0 Å². The Hall–Kier alpha value is -1.57. The Bertz CT molecular complexity index is 604. The van der Waals surface area contributed by atoms with E-state index >= 15 is 0 Å². The van der Waals surface area contributed by atoms with Crippen LogP contribution in [0.25, 0.3) is 0 Å². The first-order valence-electron chi connectivity index (χ1n) is 7.06. The highest BCUT2D eigenvalue weighted by Gasteiger charge is 2.27. The van der Waals surface area contributed by atoms with Crippen LogP contribution in [-0.2, 0) is 4.79 Å². The second kappa shape index (κ2) is 6.68. The largest absolute Gasteiger partial charge is 0.350 e. The first kappa shape index (κ1) is 18.5. The molecule has 0 spiro atoms. The summed E-state index contributed by atoms with van der Waals surface area (Å²) in [5, 5.41) is 10.8. The fourth-order valence-electron chi connectivity index (χ4n) is 2.48. The molecule has 1 rings (SSSR count). The molecule has 1 aromatic rings. The molecule has 0 radical (unpaired) electrons. The van der Waals surface area contributed by atoms with Crippen molar-refractivity contribution in [1.82, 2.24) is 20.2 Å². The summed E-state index contributed by atoms with van der Waals surface area (Å²) >= 11 is 1.09. The molecule has 22 heavy (non-hydrogen) atoms. The maximum atomic E-state index is 12.1. The first-order valence-corrected chi connectivity index (χ1v) is 8.05. The average Bonchev–Trinajstić information content (AvgIpc) is 2.31. The lowest BCUT2D eigenvalue weighted by Crippen LogP contribution is -2.46. The zero-order valence-corrected chi connectivity index (χ0v) is 14.9. The van der Waals surface area contributed by atoms with E-state index in [9.17, 15) is 9.59 Å². The van der Waals surface area contributed by atoms with E-state index in [1.807, 2.05) is 13.8 Å². The minimum absolute atomic E-state index is 0.115. The number of hydrogen-bond donors (Lipinski definition) is 2. The average molecular weight is 327 g/mol. The van der Waals surface area contributed by atoms with Gasteiger partial charge in [-0.05, 0) is 32.6 Å². The van der Waals surface area contributed by atoms with Crippen molar-refractivity contribution < 1.29 is 4.79 Å². The minimum Gasteiger partial charge on any atom is -0.350 e. The molecule has 0 saturated carbocycles. The van der Waals surface area contributed by atoms with E-state index in [0.29, 0.717) is 0 Å². The van der Waals surface area contributed by atoms with E-state index in [0.717, 1.165) is 22.9 Å². The lowest BCUT2D eigenvalue weighted by atomic mass is 9.82. The summed E-state index contributed by atoms with van der Waals surface area (Å²) in [6.45, 7) is 11.9. The smallest absolute Gasteiger partial charge is 0.294 e. The molecular formula is C14H25N5O2S. The molecule has 0 fully saturated rings. The van der Waals surface area contributed by atoms with Gasteiger partial charge in [0.25, 0.3) is 5.56 Å². The van der Waals surface area contributed by atoms with Crippen LogP contribution in [0.5, 0.6) is 0 Å². The normalized spacial score (nSPS) is 12.3. The summed E-state index contributed by atoms with van der Waals surface area (Å²) in [6.07, 6.45) is 0.850. The topological polar surface area (TPSA) is 103 Å². The molecule has 0 aliphatic heterocycles. The Morgan fingerprint density at radius 2 is 1.86 bits per heavy atom. The molecule has 8 heteroatoms. The van der Waals surface area contributed by atoms with Crippen molar-refractivity contribution in [1.29, 1.82) is 0 Å². The fourth-order valence-corrected chi connectivity index (χ4v) is 3.13. The van der Waals surface area contributed by atoms with Crippen LogP contribution in [0.1, 0.15) is 46.7 Å². The molecular weight excluding hydrogens is 302 g/mol. The number of nitrogens with one attached hydrogen (secondary N) is 1. The van der Waals surface area contributed by atoms with Crippen LogP contribution in [-0.4, -0.2) is 32.1 Å². The van der Waals surface area contributed by atoms with Gasteiger partial charge in [0.05, 0.1) is 5.75 Å². The lowest BCUT2D eigenvalue weighted by molar-refractivity contribution is -0.120. The Morgan fingerprint density at radius 3 is 2.41 bits per heavy atom. The van der Waals surface area contributed by atoms with Gasteiger partial charge in [-0.3, -0.25) is 9.59 Å². The van der Waals surface area contributed by atoms with Gasteiger partial charge in [-0.15, -0.1) is 10.2 Å². The van der Waals surface area contributed by atoms with Crippen LogP contribution in [0.4, 0.5) is 0 Å². The zero-order chi connectivity index (χ0) is 17.1. The number of amides is 1. The zero-order valence-electron chi connectivity index (χ0n) is 14.1. The van der Waals surface area contributed by atoms with Gasteiger partial charge < -0.3 is 11.2 Å². The Kier molecular flexibility index (Phi) is 5.61. The predicted molar refractivity (Wildman–Crippen MR) is 88.2 cm³/mol. The molecule has 1 aromatic heterocycles. The van der Waals surface area contributed by atoms with Crippen LogP contribution < -0.4 is 16.7 Å². The van der Waals surface area contributed by atoms with Crippen molar-refractivity contribution >= 4 is 17.7 Å². The highest BCUT2D eigenvalue weighted by Crippen LogP contribution is 2.26. The highest BCUT2D eigenvalue weighted by atomic mass is 32.2. The molecule has 1 amide bonds. The number of carbonyl (C=O) groups is 1. The standard InChI is InChI=1S/C14H25N5O2S/c1-9-11(21)19(15)12(18-17-9)22-7-10(20)16-14(5,6)8-13(2,3)4/h7-8,15H2,1-6H3,(H,16,20). The number of aromatic nitrogens is 3. The van der Waals surface area contributed by atoms with Crippen molar-refractivity contribution in [2.45, 2.75) is 58.7 Å². The van der Waals surface area contributed by atoms with Gasteiger partial charge in [0.15, 0.2) is 0 Å². The van der Waals surface area contributed by atoms with Crippen molar-refractivity contribution in [2.75, 3.05) is 11.6 Å². The quantitative estimate of drug-likeness (QED) is 0.620. The molecule has 1 heterocycles. The molecule has 7 nitrogen and oxygen atoms in total. The van der Waals surface area contributed by atoms with Crippen molar-refractivity contribution in [2.24, 2.45) is 5.41 Å². The second-order valence-electron chi connectivity index (χ2n) is 7.20. The Labute approximate surface area is 135 Å². The Balaban J connectivity index is 2.64. The summed E-state index contributed by atoms with van der Waals surface area (Å²) in [5.41, 5.74) is -0.380. The molecule has 3 N–H and O–H groups in total. The fraction of sp³-hybridized carbons (Fsp3) is 0.714. The number of thioether (sulfide) groups is 1. The van der Waals surface area contributed by atoms with Crippen LogP contribution in [0.3, 0.4) is 0 Å². The summed E-state index contributed by atoms with van der Waals surface area (Å²) in [5.74, 6) is 5.63. The van der Waals surface area contributed by atoms with Gasteiger partial charge in [0.2, 0.25) is 11.1 Å². The molecule has 0 aliphatic carbocycles. The summed E-state index contributed by atoms with van der Waals surface area (Å²) < 4.78 is 0.917. The third kappa shape index (κ3) is 5.67. The van der Waals surface area contributed by atoms with Gasteiger partial charge in [0, 0.05) is 5.54 Å². The molecule has 0 saturated heterocycles. The summed E-state index contributed by atoms with van der Waals surface area (Å²) in [6, 6.07) is 0. The van der Waals surface area contributed by atoms with Crippen LogP contribution in [0.2, 0.25) is 0 Å². The number of nitrogen functional groups attached to an aromatic ring is 1. The van der Waals surface area contributed by atoms with Crippen LogP contribution in [0.15, 0.2) is 9.95 Å². The van der Waals surface area contributed by atoms with Crippen molar-refractivity contribution in [3.05, 3.63) is 16.0 Å². The van der Waals surface area contributed by atoms with Gasteiger partial charge >= 0.3 is 0 Å². The number of nitrogens with two attached hydrogens (primary N) is 1. The number of hydrogen-bond acceptors (Lipinski definition) is 6. The minimum atomic E-state index is -0.411. The van der Waals surface area contributed by atoms with Crippen LogP contribution >= 0.6 is 11.8 Å². The molecule has 0 aliphatic rings. The number of nitrogens with zero attached hydrogens (tertiary/aromatic N) is 3. The summed E-state index contributed by atoms with van der Waals surface area (Å²) in [4.78, 5) is 23.7. The van der Waals surface area contributed by atoms with E-state index in [2.05, 4.69) is 36.3 Å². The first-order chi connectivity index (χ1) is 9.91. The van der Waals surface area contributed by atoms with Crippen molar-refractivity contribution in [3.63, 3.8) is 0 Å². The van der Waals surface area contributed by atoms with Gasteiger partial charge in [0.1, 0.15) is 5.69 Å². The number of carbonyl (C=O) groups excluding carboxylic acids is 1. The van der Waals surface area contributed by atoms with E-state index in [1.165, 1.54) is 6.92 Å². The maximum Gasteiger partial charge on any atom is 0.294 e. The SMILES string of the molecule is Cc1nnc(SCC(=O)NC(C)(C)CC(C)(C)C)n(N)c1=O. The van der Waals surface area contributed by atoms with E-state index < -0.39 is 5.56 Å². The van der Waals surface area contributed by atoms with Crippen LogP contribution in [0, 0.1) is 12.3 Å². The molecule has 0 atom stereocenters. The summed E-state index contributed by atoms with van der Waals surface area (Å²) in [7, 11) is 0. The molecule has 0 aromatic carbocycles. The maximum absolute atomic E-state index is 12.1. The molecule has 124 valence electrons. The van der Waals surface area contributed by atoms with Crippen molar-refractivity contribution in [3.8, 4) is 0 Å². The highest BCUT2D eigenvalue weighted by molar-refractivity contribution is 7.99.